The van der Waals surface area contributed by atoms with Crippen LogP contribution < -0.4 is 15.4 Å². The van der Waals surface area contributed by atoms with Crippen LogP contribution in [-0.2, 0) is 10.0 Å². The van der Waals surface area contributed by atoms with Gasteiger partial charge in [-0.2, -0.15) is 0 Å². The van der Waals surface area contributed by atoms with E-state index in [0.717, 1.165) is 6.54 Å². The summed E-state index contributed by atoms with van der Waals surface area (Å²) < 4.78 is 26.7. The van der Waals surface area contributed by atoms with Crippen LogP contribution in [0.4, 0.5) is 11.4 Å². The Balaban J connectivity index is 3.42. The second-order valence-electron chi connectivity index (χ2n) is 5.57. The van der Waals surface area contributed by atoms with E-state index in [0.29, 0.717) is 17.3 Å². The van der Waals surface area contributed by atoms with Gasteiger partial charge in [0, 0.05) is 18.3 Å². The van der Waals surface area contributed by atoms with Crippen LogP contribution >= 0.6 is 0 Å². The van der Waals surface area contributed by atoms with Gasteiger partial charge < -0.3 is 10.6 Å². The molecular weight excluding hydrogens is 274 g/mol. The van der Waals surface area contributed by atoms with Gasteiger partial charge in [-0.15, -0.1) is 0 Å². The van der Waals surface area contributed by atoms with Gasteiger partial charge >= 0.3 is 0 Å². The van der Waals surface area contributed by atoms with Crippen molar-refractivity contribution in [3.63, 3.8) is 0 Å². The largest absolute Gasteiger partial charge is 0.399 e. The minimum Gasteiger partial charge on any atom is -0.399 e. The van der Waals surface area contributed by atoms with Gasteiger partial charge in [-0.05, 0) is 45.0 Å². The molecule has 0 unspecified atom stereocenters. The van der Waals surface area contributed by atoms with E-state index in [4.69, 9.17) is 5.73 Å². The number of rotatable bonds is 6. The summed E-state index contributed by atoms with van der Waals surface area (Å²) in [6.07, 6.45) is 0. The number of hydrogen-bond donors (Lipinski definition) is 2. The Labute approximate surface area is 122 Å². The minimum atomic E-state index is -3.54. The van der Waals surface area contributed by atoms with E-state index in [1.54, 1.807) is 12.1 Å². The zero-order valence-corrected chi connectivity index (χ0v) is 13.7. The van der Waals surface area contributed by atoms with E-state index in [1.165, 1.54) is 13.1 Å². The highest BCUT2D eigenvalue weighted by atomic mass is 32.2. The maximum absolute atomic E-state index is 12.2. The molecule has 1 aromatic carbocycles. The maximum atomic E-state index is 12.2. The topological polar surface area (TPSA) is 75.4 Å². The molecule has 0 bridgehead atoms. The van der Waals surface area contributed by atoms with E-state index in [1.807, 2.05) is 0 Å². The fourth-order valence-corrected chi connectivity index (χ4v) is 3.05. The van der Waals surface area contributed by atoms with Crippen LogP contribution in [-0.4, -0.2) is 28.1 Å². The third kappa shape index (κ3) is 3.86. The number of nitrogen functional groups attached to an aromatic ring is 1. The molecule has 0 spiro atoms. The second-order valence-corrected chi connectivity index (χ2v) is 7.43. The molecule has 0 aliphatic rings. The molecule has 6 heteroatoms. The average Bonchev–Trinajstić information content (AvgIpc) is 2.35. The van der Waals surface area contributed by atoms with Gasteiger partial charge in [-0.25, -0.2) is 13.1 Å². The van der Waals surface area contributed by atoms with Gasteiger partial charge in [0.15, 0.2) is 0 Å². The number of benzene rings is 1. The third-order valence-electron chi connectivity index (χ3n) is 3.04. The Bertz CT molecular complexity index is 554. The van der Waals surface area contributed by atoms with Crippen molar-refractivity contribution < 1.29 is 8.42 Å². The van der Waals surface area contributed by atoms with Crippen LogP contribution in [0.5, 0.6) is 0 Å². The fraction of sp³-hybridized carbons (Fsp3) is 0.571. The summed E-state index contributed by atoms with van der Waals surface area (Å²) in [4.78, 5) is 2.32. The van der Waals surface area contributed by atoms with Gasteiger partial charge in [0.05, 0.1) is 5.69 Å². The second kappa shape index (κ2) is 6.45. The lowest BCUT2D eigenvalue weighted by atomic mass is 10.1. The summed E-state index contributed by atoms with van der Waals surface area (Å²) in [7, 11) is -2.13. The van der Waals surface area contributed by atoms with Gasteiger partial charge in [0.25, 0.3) is 0 Å². The molecule has 0 saturated heterocycles. The van der Waals surface area contributed by atoms with Crippen molar-refractivity contribution in [2.24, 2.45) is 5.92 Å². The molecule has 5 nitrogen and oxygen atoms in total. The molecule has 3 N–H and O–H groups in total. The number of nitrogens with zero attached hydrogens (tertiary/aromatic N) is 1. The highest BCUT2D eigenvalue weighted by Gasteiger charge is 2.23. The zero-order chi connectivity index (χ0) is 15.5. The van der Waals surface area contributed by atoms with E-state index < -0.39 is 10.0 Å². The van der Waals surface area contributed by atoms with E-state index in [9.17, 15) is 8.42 Å². The van der Waals surface area contributed by atoms with Crippen molar-refractivity contribution in [3.8, 4) is 0 Å². The Kier molecular flexibility index (Phi) is 5.42. The normalized spacial score (nSPS) is 12.2. The Hall–Kier alpha value is -1.27. The molecule has 0 radical (unpaired) electrons. The maximum Gasteiger partial charge on any atom is 0.242 e. The number of anilines is 2. The monoisotopic (exact) mass is 299 g/mol. The number of hydrogen-bond acceptors (Lipinski definition) is 4. The lowest BCUT2D eigenvalue weighted by Crippen LogP contribution is -2.36. The van der Waals surface area contributed by atoms with Gasteiger partial charge in [0.2, 0.25) is 10.0 Å². The van der Waals surface area contributed by atoms with Crippen molar-refractivity contribution >= 4 is 21.4 Å². The molecule has 0 aromatic heterocycles. The van der Waals surface area contributed by atoms with E-state index >= 15 is 0 Å². The van der Waals surface area contributed by atoms with Crippen molar-refractivity contribution in [2.75, 3.05) is 24.2 Å². The Morgan fingerprint density at radius 3 is 2.30 bits per heavy atom. The number of sulfonamides is 1. The van der Waals surface area contributed by atoms with Gasteiger partial charge in [0.1, 0.15) is 4.90 Å². The molecule has 1 aromatic rings. The summed E-state index contributed by atoms with van der Waals surface area (Å²) >= 11 is 0. The van der Waals surface area contributed by atoms with Crippen LogP contribution in [0.15, 0.2) is 23.1 Å². The molecule has 0 heterocycles. The molecule has 114 valence electrons. The first-order valence-corrected chi connectivity index (χ1v) is 8.27. The Morgan fingerprint density at radius 2 is 1.85 bits per heavy atom. The molecule has 0 atom stereocenters. The van der Waals surface area contributed by atoms with Crippen LogP contribution in [0.1, 0.15) is 27.7 Å². The van der Waals surface area contributed by atoms with Crippen molar-refractivity contribution in [1.29, 1.82) is 0 Å². The highest BCUT2D eigenvalue weighted by molar-refractivity contribution is 7.89. The van der Waals surface area contributed by atoms with Crippen molar-refractivity contribution in [2.45, 2.75) is 38.6 Å². The summed E-state index contributed by atoms with van der Waals surface area (Å²) in [6, 6.07) is 5.23. The summed E-state index contributed by atoms with van der Waals surface area (Å²) in [5.74, 6) is 0.431. The summed E-state index contributed by atoms with van der Waals surface area (Å²) in [5.41, 5.74) is 6.88. The predicted octanol–water partition coefficient (Wildman–Crippen LogP) is 2.05. The standard InChI is InChI=1S/C14H25N3O2S/c1-10(2)9-17(11(3)4)13-7-6-12(15)8-14(13)20(18,19)16-5/h6-8,10-11,16H,9,15H2,1-5H3. The van der Waals surface area contributed by atoms with Crippen LogP contribution in [0.3, 0.4) is 0 Å². The Morgan fingerprint density at radius 1 is 1.25 bits per heavy atom. The lowest BCUT2D eigenvalue weighted by molar-refractivity contribution is 0.563. The van der Waals surface area contributed by atoms with Crippen molar-refractivity contribution in [3.05, 3.63) is 18.2 Å². The number of nitrogens with one attached hydrogen (secondary N) is 1. The smallest absolute Gasteiger partial charge is 0.242 e. The number of nitrogens with two attached hydrogens (primary N) is 1. The van der Waals surface area contributed by atoms with Gasteiger partial charge in [-0.3, -0.25) is 0 Å². The van der Waals surface area contributed by atoms with Crippen LogP contribution in [0, 0.1) is 5.92 Å². The quantitative estimate of drug-likeness (QED) is 0.788. The molecule has 0 aliphatic carbocycles. The molecule has 1 rings (SSSR count). The first-order chi connectivity index (χ1) is 9.19. The predicted molar refractivity (Wildman–Crippen MR) is 84.4 cm³/mol. The minimum absolute atomic E-state index is 0.201. The molecule has 0 aliphatic heterocycles. The SMILES string of the molecule is CNS(=O)(=O)c1cc(N)ccc1N(CC(C)C)C(C)C. The zero-order valence-electron chi connectivity index (χ0n) is 12.8. The summed E-state index contributed by atoms with van der Waals surface area (Å²) in [6.45, 7) is 9.11. The van der Waals surface area contributed by atoms with Gasteiger partial charge in [-0.1, -0.05) is 13.8 Å². The third-order valence-corrected chi connectivity index (χ3v) is 4.48. The first kappa shape index (κ1) is 16.8. The van der Waals surface area contributed by atoms with Crippen LogP contribution in [0.25, 0.3) is 0 Å². The summed E-state index contributed by atoms with van der Waals surface area (Å²) in [5, 5.41) is 0. The van der Waals surface area contributed by atoms with Crippen LogP contribution in [0.2, 0.25) is 0 Å². The fourth-order valence-electron chi connectivity index (χ4n) is 2.07. The van der Waals surface area contributed by atoms with Crippen molar-refractivity contribution in [1.82, 2.24) is 4.72 Å². The lowest BCUT2D eigenvalue weighted by Gasteiger charge is -2.32. The first-order valence-electron chi connectivity index (χ1n) is 6.78. The molecule has 0 saturated carbocycles. The molecular formula is C14H25N3O2S. The highest BCUT2D eigenvalue weighted by Crippen LogP contribution is 2.29. The molecule has 20 heavy (non-hydrogen) atoms. The molecule has 0 amide bonds. The van der Waals surface area contributed by atoms with E-state index in [-0.39, 0.29) is 10.9 Å². The van der Waals surface area contributed by atoms with E-state index in [2.05, 4.69) is 37.3 Å². The average molecular weight is 299 g/mol. The molecule has 0 fully saturated rings.